The summed E-state index contributed by atoms with van der Waals surface area (Å²) in [5.41, 5.74) is 0.825. The van der Waals surface area contributed by atoms with Crippen molar-refractivity contribution in [1.29, 1.82) is 0 Å². The summed E-state index contributed by atoms with van der Waals surface area (Å²) in [6.45, 7) is 1.83. The quantitative estimate of drug-likeness (QED) is 0.478. The largest absolute Gasteiger partial charge is 0.495 e. The highest BCUT2D eigenvalue weighted by Gasteiger charge is 2.24. The molecule has 2 aromatic heterocycles. The number of halogens is 2. The first-order valence-corrected chi connectivity index (χ1v) is 11.9. The summed E-state index contributed by atoms with van der Waals surface area (Å²) in [4.78, 5) is 18.8. The van der Waals surface area contributed by atoms with Gasteiger partial charge in [0.2, 0.25) is 11.9 Å². The lowest BCUT2D eigenvalue weighted by atomic mass is 10.1. The Hall–Kier alpha value is -2.49. The molecular formula is C21H22Cl2N6O2S. The first kappa shape index (κ1) is 22.7. The second kappa shape index (κ2) is 10.4. The number of nitrogens with zero attached hydrogens (tertiary/aromatic N) is 5. The number of carbonyl (C=O) groups excluding carboxylic acids is 1. The Bertz CT molecular complexity index is 1100. The van der Waals surface area contributed by atoms with Gasteiger partial charge in [-0.05, 0) is 37.5 Å². The average molecular weight is 493 g/mol. The van der Waals surface area contributed by atoms with E-state index in [1.165, 1.54) is 30.4 Å². The number of hydrogen-bond acceptors (Lipinski definition) is 7. The van der Waals surface area contributed by atoms with Gasteiger partial charge in [-0.25, -0.2) is 4.98 Å². The maximum atomic E-state index is 12.5. The Kier molecular flexibility index (Phi) is 7.39. The third kappa shape index (κ3) is 5.11. The van der Waals surface area contributed by atoms with Crippen LogP contribution in [0, 0.1) is 0 Å². The van der Waals surface area contributed by atoms with Gasteiger partial charge in [0.1, 0.15) is 5.75 Å². The molecule has 1 saturated heterocycles. The summed E-state index contributed by atoms with van der Waals surface area (Å²) >= 11 is 13.3. The fourth-order valence-corrected chi connectivity index (χ4v) is 4.65. The number of pyridine rings is 1. The molecule has 1 fully saturated rings. The van der Waals surface area contributed by atoms with Gasteiger partial charge in [0.05, 0.1) is 28.6 Å². The van der Waals surface area contributed by atoms with Crippen LogP contribution >= 0.6 is 35.0 Å². The molecule has 1 aliphatic heterocycles. The van der Waals surface area contributed by atoms with Crippen molar-refractivity contribution in [1.82, 2.24) is 19.7 Å². The second-order valence-electron chi connectivity index (χ2n) is 7.16. The SMILES string of the molecule is COc1ccccc1-n1c(SCC(=O)Nc2ncc(Cl)cc2Cl)nnc1N1CCCCC1. The van der Waals surface area contributed by atoms with Crippen LogP contribution in [0.15, 0.2) is 41.7 Å². The third-order valence-corrected chi connectivity index (χ3v) is 6.40. The molecule has 4 rings (SSSR count). The van der Waals surface area contributed by atoms with E-state index in [1.54, 1.807) is 7.11 Å². The molecule has 0 saturated carbocycles. The van der Waals surface area contributed by atoms with Crippen molar-refractivity contribution in [3.8, 4) is 11.4 Å². The molecule has 0 aliphatic carbocycles. The maximum absolute atomic E-state index is 12.5. The molecular weight excluding hydrogens is 471 g/mol. The van der Waals surface area contributed by atoms with Crippen LogP contribution in [0.5, 0.6) is 5.75 Å². The lowest BCUT2D eigenvalue weighted by molar-refractivity contribution is -0.113. The van der Waals surface area contributed by atoms with Gasteiger partial charge in [-0.3, -0.25) is 9.36 Å². The highest BCUT2D eigenvalue weighted by atomic mass is 35.5. The van der Waals surface area contributed by atoms with Gasteiger partial charge in [-0.2, -0.15) is 0 Å². The number of nitrogens with one attached hydrogen (secondary N) is 1. The topological polar surface area (TPSA) is 85.2 Å². The number of anilines is 2. The summed E-state index contributed by atoms with van der Waals surface area (Å²) in [6.07, 6.45) is 4.86. The van der Waals surface area contributed by atoms with Gasteiger partial charge >= 0.3 is 0 Å². The van der Waals surface area contributed by atoms with Crippen LogP contribution in [0.25, 0.3) is 5.69 Å². The molecule has 0 atom stereocenters. The molecule has 11 heteroatoms. The molecule has 8 nitrogen and oxygen atoms in total. The Labute approximate surface area is 200 Å². The first-order chi connectivity index (χ1) is 15.6. The molecule has 0 radical (unpaired) electrons. The molecule has 0 spiro atoms. The summed E-state index contributed by atoms with van der Waals surface area (Å²) < 4.78 is 7.53. The zero-order valence-electron chi connectivity index (χ0n) is 17.4. The van der Waals surface area contributed by atoms with E-state index in [1.807, 2.05) is 28.8 Å². The van der Waals surface area contributed by atoms with E-state index in [2.05, 4.69) is 25.4 Å². The van der Waals surface area contributed by atoms with Crippen LogP contribution in [0.1, 0.15) is 19.3 Å². The Morgan fingerprint density at radius 2 is 1.97 bits per heavy atom. The smallest absolute Gasteiger partial charge is 0.236 e. The van der Waals surface area contributed by atoms with Crippen molar-refractivity contribution in [2.24, 2.45) is 0 Å². The predicted molar refractivity (Wildman–Crippen MR) is 128 cm³/mol. The number of methoxy groups -OCH3 is 1. The molecule has 168 valence electrons. The van der Waals surface area contributed by atoms with Crippen molar-refractivity contribution in [3.05, 3.63) is 46.6 Å². The number of benzene rings is 1. The normalized spacial score (nSPS) is 13.8. The van der Waals surface area contributed by atoms with Crippen molar-refractivity contribution in [2.75, 3.05) is 36.2 Å². The molecule has 3 aromatic rings. The average Bonchev–Trinajstić information content (AvgIpc) is 3.24. The van der Waals surface area contributed by atoms with Crippen molar-refractivity contribution < 1.29 is 9.53 Å². The van der Waals surface area contributed by atoms with E-state index in [0.29, 0.717) is 15.9 Å². The maximum Gasteiger partial charge on any atom is 0.236 e. The number of para-hydroxylation sites is 2. The van der Waals surface area contributed by atoms with Crippen LogP contribution in [0.2, 0.25) is 10.0 Å². The summed E-state index contributed by atoms with van der Waals surface area (Å²) in [6, 6.07) is 9.23. The number of hydrogen-bond donors (Lipinski definition) is 1. The first-order valence-electron chi connectivity index (χ1n) is 10.1. The van der Waals surface area contributed by atoms with Crippen molar-refractivity contribution in [2.45, 2.75) is 24.4 Å². The Morgan fingerprint density at radius 3 is 2.72 bits per heavy atom. The number of carbonyl (C=O) groups is 1. The number of ether oxygens (including phenoxy) is 1. The lowest BCUT2D eigenvalue weighted by Gasteiger charge is -2.28. The van der Waals surface area contributed by atoms with Gasteiger partial charge in [0, 0.05) is 19.3 Å². The number of aromatic nitrogens is 4. The summed E-state index contributed by atoms with van der Waals surface area (Å²) in [7, 11) is 1.63. The van der Waals surface area contributed by atoms with Crippen LogP contribution < -0.4 is 15.0 Å². The lowest BCUT2D eigenvalue weighted by Crippen LogP contribution is -2.31. The third-order valence-electron chi connectivity index (χ3n) is 4.98. The minimum absolute atomic E-state index is 0.105. The molecule has 0 unspecified atom stereocenters. The van der Waals surface area contributed by atoms with E-state index in [-0.39, 0.29) is 22.5 Å². The molecule has 3 heterocycles. The van der Waals surface area contributed by atoms with Crippen LogP contribution in [-0.4, -0.2) is 51.6 Å². The minimum atomic E-state index is -0.263. The zero-order valence-corrected chi connectivity index (χ0v) is 19.8. The van der Waals surface area contributed by atoms with Crippen LogP contribution in [0.4, 0.5) is 11.8 Å². The van der Waals surface area contributed by atoms with E-state index in [0.717, 1.165) is 37.6 Å². The molecule has 32 heavy (non-hydrogen) atoms. The molecule has 1 aliphatic rings. The van der Waals surface area contributed by atoms with Crippen molar-refractivity contribution in [3.63, 3.8) is 0 Å². The fraction of sp³-hybridized carbons (Fsp3) is 0.333. The monoisotopic (exact) mass is 492 g/mol. The van der Waals surface area contributed by atoms with E-state index >= 15 is 0 Å². The van der Waals surface area contributed by atoms with E-state index in [4.69, 9.17) is 27.9 Å². The number of thioether (sulfide) groups is 1. The van der Waals surface area contributed by atoms with Crippen molar-refractivity contribution >= 4 is 52.6 Å². The van der Waals surface area contributed by atoms with Gasteiger partial charge in [-0.1, -0.05) is 47.1 Å². The second-order valence-corrected chi connectivity index (χ2v) is 8.94. The highest BCUT2D eigenvalue weighted by molar-refractivity contribution is 7.99. The van der Waals surface area contributed by atoms with Gasteiger partial charge in [0.15, 0.2) is 11.0 Å². The number of piperidine rings is 1. The van der Waals surface area contributed by atoms with Gasteiger partial charge in [0.25, 0.3) is 0 Å². The van der Waals surface area contributed by atoms with E-state index < -0.39 is 0 Å². The summed E-state index contributed by atoms with van der Waals surface area (Å²) in [5.74, 6) is 1.56. The number of rotatable bonds is 7. The minimum Gasteiger partial charge on any atom is -0.495 e. The standard InChI is InChI=1S/C21H22Cl2N6O2S/c1-31-17-8-4-3-7-16(17)29-20(28-9-5-2-6-10-28)26-27-21(29)32-13-18(30)25-19-15(23)11-14(22)12-24-19/h3-4,7-8,11-12H,2,5-6,9-10,13H2,1H3,(H,24,25,30). The van der Waals surface area contributed by atoms with Crippen LogP contribution in [0.3, 0.4) is 0 Å². The Morgan fingerprint density at radius 1 is 1.19 bits per heavy atom. The summed E-state index contributed by atoms with van der Waals surface area (Å²) in [5, 5.41) is 12.8. The fourth-order valence-electron chi connectivity index (χ4n) is 3.48. The Balaban J connectivity index is 1.58. The highest BCUT2D eigenvalue weighted by Crippen LogP contribution is 2.33. The predicted octanol–water partition coefficient (Wildman–Crippen LogP) is 4.70. The van der Waals surface area contributed by atoms with Gasteiger partial charge < -0.3 is 15.0 Å². The molecule has 0 bridgehead atoms. The van der Waals surface area contributed by atoms with Crippen LogP contribution in [-0.2, 0) is 4.79 Å². The van der Waals surface area contributed by atoms with Gasteiger partial charge in [-0.15, -0.1) is 10.2 Å². The van der Waals surface area contributed by atoms with E-state index in [9.17, 15) is 4.79 Å². The molecule has 1 N–H and O–H groups in total. The molecule has 1 aromatic carbocycles. The number of amides is 1. The molecule has 1 amide bonds. The zero-order chi connectivity index (χ0) is 22.5.